The summed E-state index contributed by atoms with van der Waals surface area (Å²) in [6.45, 7) is 6.33. The Bertz CT molecular complexity index is 552. The molecule has 0 spiro atoms. The number of nitrogens with zero attached hydrogens (tertiary/aromatic N) is 3. The summed E-state index contributed by atoms with van der Waals surface area (Å²) < 4.78 is 2.11. The van der Waals surface area contributed by atoms with Crippen molar-refractivity contribution in [1.82, 2.24) is 14.3 Å². The van der Waals surface area contributed by atoms with Crippen LogP contribution in [0.25, 0.3) is 5.65 Å². The summed E-state index contributed by atoms with van der Waals surface area (Å²) in [6.07, 6.45) is 6.68. The molecule has 1 saturated heterocycles. The first-order valence-electron chi connectivity index (χ1n) is 7.20. The molecule has 1 aliphatic rings. The summed E-state index contributed by atoms with van der Waals surface area (Å²) in [4.78, 5) is 7.33. The van der Waals surface area contributed by atoms with Gasteiger partial charge >= 0.3 is 0 Å². The number of nitrogens with two attached hydrogens (primary N) is 1. The third-order valence-corrected chi connectivity index (χ3v) is 4.26. The molecular weight excluding hydrogens is 236 g/mol. The van der Waals surface area contributed by atoms with Crippen molar-refractivity contribution >= 4 is 5.65 Å². The van der Waals surface area contributed by atoms with Gasteiger partial charge in [-0.2, -0.15) is 0 Å². The van der Waals surface area contributed by atoms with Gasteiger partial charge in [0.2, 0.25) is 0 Å². The number of fused-ring (bicyclic) bond motifs is 1. The van der Waals surface area contributed by atoms with Crippen molar-refractivity contribution in [1.29, 1.82) is 0 Å². The third kappa shape index (κ3) is 2.38. The summed E-state index contributed by atoms with van der Waals surface area (Å²) in [5.41, 5.74) is 9.16. The van der Waals surface area contributed by atoms with Gasteiger partial charge in [-0.3, -0.25) is 0 Å². The predicted molar refractivity (Wildman–Crippen MR) is 77.2 cm³/mol. The Morgan fingerprint density at radius 1 is 1.37 bits per heavy atom. The Labute approximate surface area is 114 Å². The largest absolute Gasteiger partial charge is 0.326 e. The molecule has 102 valence electrons. The van der Waals surface area contributed by atoms with Crippen LogP contribution in [-0.2, 0) is 6.54 Å². The normalized spacial score (nSPS) is 18.2. The topological polar surface area (TPSA) is 46.6 Å². The number of aromatic nitrogens is 2. The number of piperidine rings is 1. The summed E-state index contributed by atoms with van der Waals surface area (Å²) in [5, 5.41) is 0. The van der Waals surface area contributed by atoms with Crippen LogP contribution in [0.4, 0.5) is 0 Å². The monoisotopic (exact) mass is 258 g/mol. The molecule has 2 N–H and O–H groups in total. The Kier molecular flexibility index (Phi) is 3.53. The van der Waals surface area contributed by atoms with Gasteiger partial charge < -0.3 is 15.0 Å². The lowest BCUT2D eigenvalue weighted by molar-refractivity contribution is 0.221. The minimum atomic E-state index is 0.551. The first-order chi connectivity index (χ1) is 9.31. The van der Waals surface area contributed by atoms with Gasteiger partial charge in [0.25, 0.3) is 0 Å². The summed E-state index contributed by atoms with van der Waals surface area (Å²) in [7, 11) is 0. The van der Waals surface area contributed by atoms with E-state index in [0.717, 1.165) is 17.8 Å². The molecule has 0 saturated carbocycles. The maximum atomic E-state index is 5.78. The summed E-state index contributed by atoms with van der Waals surface area (Å²) in [5.74, 6) is 0.605. The van der Waals surface area contributed by atoms with Crippen LogP contribution in [0.1, 0.15) is 36.9 Å². The first kappa shape index (κ1) is 12.6. The van der Waals surface area contributed by atoms with E-state index in [9.17, 15) is 0 Å². The van der Waals surface area contributed by atoms with Crippen molar-refractivity contribution in [3.63, 3.8) is 0 Å². The zero-order chi connectivity index (χ0) is 13.2. The first-order valence-corrected chi connectivity index (χ1v) is 7.20. The van der Waals surface area contributed by atoms with E-state index in [1.54, 1.807) is 0 Å². The minimum absolute atomic E-state index is 0.551. The highest BCUT2D eigenvalue weighted by molar-refractivity contribution is 5.49. The van der Waals surface area contributed by atoms with Crippen LogP contribution >= 0.6 is 0 Å². The molecule has 4 nitrogen and oxygen atoms in total. The van der Waals surface area contributed by atoms with Crippen LogP contribution in [0.5, 0.6) is 0 Å². The molecule has 0 radical (unpaired) electrons. The Morgan fingerprint density at radius 3 is 2.84 bits per heavy atom. The van der Waals surface area contributed by atoms with Gasteiger partial charge in [0.15, 0.2) is 0 Å². The lowest BCUT2D eigenvalue weighted by Crippen LogP contribution is -2.32. The SMILES string of the molecule is CCN1CCC(c2cn3cccc(CN)c3n2)CC1. The van der Waals surface area contributed by atoms with E-state index >= 15 is 0 Å². The fourth-order valence-electron chi connectivity index (χ4n) is 2.99. The van der Waals surface area contributed by atoms with Gasteiger partial charge in [0.1, 0.15) is 5.65 Å². The molecule has 0 aromatic carbocycles. The van der Waals surface area contributed by atoms with E-state index in [0.29, 0.717) is 12.5 Å². The van der Waals surface area contributed by atoms with Crippen LogP contribution in [-0.4, -0.2) is 33.9 Å². The van der Waals surface area contributed by atoms with Gasteiger partial charge in [-0.15, -0.1) is 0 Å². The van der Waals surface area contributed by atoms with Gasteiger partial charge in [-0.25, -0.2) is 4.98 Å². The van der Waals surface area contributed by atoms with Crippen molar-refractivity contribution in [2.24, 2.45) is 5.73 Å². The Hall–Kier alpha value is -1.39. The van der Waals surface area contributed by atoms with Gasteiger partial charge in [-0.1, -0.05) is 13.0 Å². The van der Waals surface area contributed by atoms with E-state index in [1.807, 2.05) is 6.07 Å². The number of imidazole rings is 1. The molecular formula is C15H22N4. The average Bonchev–Trinajstić information content (AvgIpc) is 2.91. The summed E-state index contributed by atoms with van der Waals surface area (Å²) >= 11 is 0. The maximum absolute atomic E-state index is 5.78. The number of likely N-dealkylation sites (tertiary alicyclic amines) is 1. The highest BCUT2D eigenvalue weighted by Gasteiger charge is 2.22. The highest BCUT2D eigenvalue weighted by atomic mass is 15.1. The van der Waals surface area contributed by atoms with Gasteiger partial charge in [0, 0.05) is 30.4 Å². The minimum Gasteiger partial charge on any atom is -0.326 e. The van der Waals surface area contributed by atoms with E-state index in [4.69, 9.17) is 10.7 Å². The second-order valence-electron chi connectivity index (χ2n) is 5.34. The van der Waals surface area contributed by atoms with Crippen LogP contribution in [0.2, 0.25) is 0 Å². The zero-order valence-electron chi connectivity index (χ0n) is 11.5. The van der Waals surface area contributed by atoms with Crippen LogP contribution in [0.15, 0.2) is 24.5 Å². The highest BCUT2D eigenvalue weighted by Crippen LogP contribution is 2.27. The molecule has 0 aliphatic carbocycles. The number of rotatable bonds is 3. The van der Waals surface area contributed by atoms with Crippen molar-refractivity contribution in [2.45, 2.75) is 32.2 Å². The van der Waals surface area contributed by atoms with Crippen molar-refractivity contribution in [2.75, 3.05) is 19.6 Å². The fraction of sp³-hybridized carbons (Fsp3) is 0.533. The fourth-order valence-corrected chi connectivity index (χ4v) is 2.99. The van der Waals surface area contributed by atoms with Crippen molar-refractivity contribution < 1.29 is 0 Å². The van der Waals surface area contributed by atoms with Crippen molar-refractivity contribution in [3.8, 4) is 0 Å². The molecule has 0 bridgehead atoms. The average molecular weight is 258 g/mol. The lowest BCUT2D eigenvalue weighted by atomic mass is 9.94. The van der Waals surface area contributed by atoms with Crippen LogP contribution < -0.4 is 5.73 Å². The standard InChI is InChI=1S/C15H22N4/c1-2-18-8-5-12(6-9-18)14-11-19-7-3-4-13(10-16)15(19)17-14/h3-4,7,11-12H,2,5-6,8-10,16H2,1H3. The van der Waals surface area contributed by atoms with Gasteiger partial charge in [-0.05, 0) is 38.5 Å². The molecule has 3 rings (SSSR count). The van der Waals surface area contributed by atoms with E-state index in [-0.39, 0.29) is 0 Å². The number of pyridine rings is 1. The molecule has 19 heavy (non-hydrogen) atoms. The molecule has 4 heteroatoms. The molecule has 1 fully saturated rings. The van der Waals surface area contributed by atoms with Gasteiger partial charge in [0.05, 0.1) is 5.69 Å². The van der Waals surface area contributed by atoms with E-state index in [1.165, 1.54) is 31.6 Å². The number of hydrogen-bond donors (Lipinski definition) is 1. The second kappa shape index (κ2) is 5.31. The number of hydrogen-bond acceptors (Lipinski definition) is 3. The molecule has 2 aromatic rings. The van der Waals surface area contributed by atoms with Crippen LogP contribution in [0, 0.1) is 0 Å². The third-order valence-electron chi connectivity index (χ3n) is 4.26. The van der Waals surface area contributed by atoms with E-state index < -0.39 is 0 Å². The van der Waals surface area contributed by atoms with Crippen molar-refractivity contribution in [3.05, 3.63) is 35.8 Å². The van der Waals surface area contributed by atoms with E-state index in [2.05, 4.69) is 34.7 Å². The zero-order valence-corrected chi connectivity index (χ0v) is 11.5. The smallest absolute Gasteiger partial charge is 0.141 e. The molecule has 2 aromatic heterocycles. The molecule has 0 amide bonds. The Balaban J connectivity index is 1.86. The lowest BCUT2D eigenvalue weighted by Gasteiger charge is -2.30. The summed E-state index contributed by atoms with van der Waals surface area (Å²) in [6, 6.07) is 4.10. The molecule has 0 unspecified atom stereocenters. The molecule has 0 atom stereocenters. The Morgan fingerprint density at radius 2 is 2.16 bits per heavy atom. The molecule has 1 aliphatic heterocycles. The quantitative estimate of drug-likeness (QED) is 0.916. The maximum Gasteiger partial charge on any atom is 0.141 e. The van der Waals surface area contributed by atoms with Crippen LogP contribution in [0.3, 0.4) is 0 Å². The second-order valence-corrected chi connectivity index (χ2v) is 5.34. The molecule has 3 heterocycles. The predicted octanol–water partition coefficient (Wildman–Crippen LogP) is 1.99.